The number of carboxylic acids is 1. The Morgan fingerprint density at radius 3 is 2.72 bits per heavy atom. The monoisotopic (exact) mass is 267 g/mol. The first-order valence-corrected chi connectivity index (χ1v) is 6.08. The minimum absolute atomic E-state index is 0.164. The minimum atomic E-state index is -0.858. The van der Waals surface area contributed by atoms with Gasteiger partial charge in [-0.15, -0.1) is 0 Å². The number of aliphatic carboxylic acids is 1. The van der Waals surface area contributed by atoms with Gasteiger partial charge in [-0.05, 0) is 31.5 Å². The summed E-state index contributed by atoms with van der Waals surface area (Å²) < 4.78 is 0. The van der Waals surface area contributed by atoms with Crippen molar-refractivity contribution in [3.8, 4) is 0 Å². The Bertz CT molecular complexity index is 503. The van der Waals surface area contributed by atoms with E-state index in [9.17, 15) is 9.59 Å². The van der Waals surface area contributed by atoms with Crippen LogP contribution in [0.15, 0.2) is 24.3 Å². The standard InChI is InChI=1S/C13H14ClNO3/c1-13(12(17)18)5-6-15(8-13)11(16)9-3-2-4-10(14)7-9/h2-4,7H,5-6,8H2,1H3,(H,17,18). The number of hydrogen-bond donors (Lipinski definition) is 1. The molecule has 0 radical (unpaired) electrons. The van der Waals surface area contributed by atoms with Gasteiger partial charge in [-0.1, -0.05) is 17.7 Å². The van der Waals surface area contributed by atoms with Crippen LogP contribution in [0.5, 0.6) is 0 Å². The van der Waals surface area contributed by atoms with Crippen LogP contribution >= 0.6 is 11.6 Å². The third kappa shape index (κ3) is 2.34. The molecule has 1 aromatic rings. The van der Waals surface area contributed by atoms with Crippen LogP contribution in [-0.2, 0) is 4.79 Å². The Kier molecular flexibility index (Phi) is 3.30. The molecule has 1 heterocycles. The zero-order valence-corrected chi connectivity index (χ0v) is 10.8. The zero-order valence-electron chi connectivity index (χ0n) is 10.0. The van der Waals surface area contributed by atoms with Gasteiger partial charge in [0.15, 0.2) is 0 Å². The molecule has 0 spiro atoms. The van der Waals surface area contributed by atoms with Gasteiger partial charge in [-0.2, -0.15) is 0 Å². The quantitative estimate of drug-likeness (QED) is 0.894. The highest BCUT2D eigenvalue weighted by Gasteiger charge is 2.42. The molecule has 0 aliphatic carbocycles. The molecule has 1 N–H and O–H groups in total. The number of amides is 1. The third-order valence-corrected chi connectivity index (χ3v) is 3.58. The van der Waals surface area contributed by atoms with Gasteiger partial charge >= 0.3 is 5.97 Å². The number of rotatable bonds is 2. The second-order valence-electron chi connectivity index (χ2n) is 4.85. The Hall–Kier alpha value is -1.55. The average Bonchev–Trinajstić information content (AvgIpc) is 2.72. The summed E-state index contributed by atoms with van der Waals surface area (Å²) in [5.74, 6) is -1.02. The van der Waals surface area contributed by atoms with E-state index < -0.39 is 11.4 Å². The highest BCUT2D eigenvalue weighted by Crippen LogP contribution is 2.31. The van der Waals surface area contributed by atoms with Gasteiger partial charge < -0.3 is 10.0 Å². The summed E-state index contributed by atoms with van der Waals surface area (Å²) in [6.45, 7) is 2.38. The lowest BCUT2D eigenvalue weighted by Crippen LogP contribution is -2.34. The predicted molar refractivity (Wildman–Crippen MR) is 67.7 cm³/mol. The number of hydrogen-bond acceptors (Lipinski definition) is 2. The summed E-state index contributed by atoms with van der Waals surface area (Å²) in [5.41, 5.74) is -0.342. The van der Waals surface area contributed by atoms with Crippen molar-refractivity contribution >= 4 is 23.5 Å². The van der Waals surface area contributed by atoms with Gasteiger partial charge in [0.1, 0.15) is 0 Å². The van der Waals surface area contributed by atoms with Gasteiger partial charge in [0.05, 0.1) is 5.41 Å². The Labute approximate surface area is 110 Å². The summed E-state index contributed by atoms with van der Waals surface area (Å²) in [4.78, 5) is 24.9. The van der Waals surface area contributed by atoms with Crippen molar-refractivity contribution in [1.29, 1.82) is 0 Å². The molecule has 1 aliphatic rings. The van der Waals surface area contributed by atoms with E-state index >= 15 is 0 Å². The highest BCUT2D eigenvalue weighted by atomic mass is 35.5. The molecule has 96 valence electrons. The van der Waals surface area contributed by atoms with Crippen LogP contribution in [0.1, 0.15) is 23.7 Å². The Morgan fingerprint density at radius 1 is 1.44 bits per heavy atom. The van der Waals surface area contributed by atoms with Crippen LogP contribution in [-0.4, -0.2) is 35.0 Å². The number of carboxylic acid groups (broad SMARTS) is 1. The second-order valence-corrected chi connectivity index (χ2v) is 5.29. The molecule has 1 saturated heterocycles. The van der Waals surface area contributed by atoms with Crippen molar-refractivity contribution in [1.82, 2.24) is 4.90 Å². The molecule has 4 nitrogen and oxygen atoms in total. The summed E-state index contributed by atoms with van der Waals surface area (Å²) in [6.07, 6.45) is 0.481. The molecule has 1 unspecified atom stereocenters. The normalized spacial score (nSPS) is 23.1. The fourth-order valence-electron chi connectivity index (χ4n) is 2.11. The first-order valence-electron chi connectivity index (χ1n) is 5.71. The maximum absolute atomic E-state index is 12.2. The average molecular weight is 268 g/mol. The van der Waals surface area contributed by atoms with Crippen molar-refractivity contribution in [3.05, 3.63) is 34.9 Å². The highest BCUT2D eigenvalue weighted by molar-refractivity contribution is 6.30. The maximum atomic E-state index is 12.2. The van der Waals surface area contributed by atoms with E-state index in [2.05, 4.69) is 0 Å². The Morgan fingerprint density at radius 2 is 2.17 bits per heavy atom. The molecule has 1 fully saturated rings. The second kappa shape index (κ2) is 4.61. The molecule has 2 rings (SSSR count). The van der Waals surface area contributed by atoms with Crippen LogP contribution < -0.4 is 0 Å². The van der Waals surface area contributed by atoms with E-state index in [4.69, 9.17) is 16.7 Å². The number of carbonyl (C=O) groups excluding carboxylic acids is 1. The molecule has 5 heteroatoms. The fourth-order valence-corrected chi connectivity index (χ4v) is 2.30. The topological polar surface area (TPSA) is 57.6 Å². The van der Waals surface area contributed by atoms with Gasteiger partial charge in [0, 0.05) is 23.7 Å². The molecule has 0 bridgehead atoms. The molecule has 0 saturated carbocycles. The summed E-state index contributed by atoms with van der Waals surface area (Å²) in [5, 5.41) is 9.63. The largest absolute Gasteiger partial charge is 0.481 e. The van der Waals surface area contributed by atoms with Crippen LogP contribution in [0.2, 0.25) is 5.02 Å². The van der Waals surface area contributed by atoms with Crippen LogP contribution in [0.3, 0.4) is 0 Å². The first kappa shape index (κ1) is 12.9. The van der Waals surface area contributed by atoms with Gasteiger partial charge in [-0.3, -0.25) is 9.59 Å². The molecule has 1 aromatic carbocycles. The van der Waals surface area contributed by atoms with E-state index in [1.54, 1.807) is 36.1 Å². The van der Waals surface area contributed by atoms with Gasteiger partial charge in [0.25, 0.3) is 5.91 Å². The SMILES string of the molecule is CC1(C(=O)O)CCN(C(=O)c2cccc(Cl)c2)C1. The lowest BCUT2D eigenvalue weighted by Gasteiger charge is -2.20. The number of halogens is 1. The number of likely N-dealkylation sites (tertiary alicyclic amines) is 1. The van der Waals surface area contributed by atoms with E-state index in [1.165, 1.54) is 0 Å². The predicted octanol–water partition coefficient (Wildman–Crippen LogP) is 2.28. The van der Waals surface area contributed by atoms with E-state index in [0.29, 0.717) is 23.6 Å². The number of nitrogens with zero attached hydrogens (tertiary/aromatic N) is 1. The summed E-state index contributed by atoms with van der Waals surface area (Å²) >= 11 is 5.84. The van der Waals surface area contributed by atoms with E-state index in [0.717, 1.165) is 0 Å². The first-order chi connectivity index (χ1) is 8.42. The summed E-state index contributed by atoms with van der Waals surface area (Å²) in [7, 11) is 0. The number of carbonyl (C=O) groups is 2. The van der Waals surface area contributed by atoms with Crippen molar-refractivity contribution in [2.45, 2.75) is 13.3 Å². The van der Waals surface area contributed by atoms with E-state index in [-0.39, 0.29) is 12.5 Å². The molecule has 1 aliphatic heterocycles. The van der Waals surface area contributed by atoms with Crippen molar-refractivity contribution in [3.63, 3.8) is 0 Å². The lowest BCUT2D eigenvalue weighted by atomic mass is 9.90. The minimum Gasteiger partial charge on any atom is -0.481 e. The fraction of sp³-hybridized carbons (Fsp3) is 0.385. The van der Waals surface area contributed by atoms with Crippen LogP contribution in [0, 0.1) is 5.41 Å². The molecule has 0 aromatic heterocycles. The van der Waals surface area contributed by atoms with Crippen molar-refractivity contribution in [2.75, 3.05) is 13.1 Å². The number of benzene rings is 1. The maximum Gasteiger partial charge on any atom is 0.311 e. The third-order valence-electron chi connectivity index (χ3n) is 3.35. The molecular formula is C13H14ClNO3. The molecule has 1 atom stereocenters. The van der Waals surface area contributed by atoms with Crippen molar-refractivity contribution in [2.24, 2.45) is 5.41 Å². The smallest absolute Gasteiger partial charge is 0.311 e. The summed E-state index contributed by atoms with van der Waals surface area (Å²) in [6, 6.07) is 6.69. The van der Waals surface area contributed by atoms with Gasteiger partial charge in [-0.25, -0.2) is 0 Å². The Balaban J connectivity index is 2.15. The van der Waals surface area contributed by atoms with Gasteiger partial charge in [0.2, 0.25) is 0 Å². The molecular weight excluding hydrogens is 254 g/mol. The van der Waals surface area contributed by atoms with E-state index in [1.807, 2.05) is 0 Å². The van der Waals surface area contributed by atoms with Crippen LogP contribution in [0.25, 0.3) is 0 Å². The molecule has 18 heavy (non-hydrogen) atoms. The zero-order chi connectivity index (χ0) is 13.3. The van der Waals surface area contributed by atoms with Crippen molar-refractivity contribution < 1.29 is 14.7 Å². The molecule has 1 amide bonds. The lowest BCUT2D eigenvalue weighted by molar-refractivity contribution is -0.147. The van der Waals surface area contributed by atoms with Crippen LogP contribution in [0.4, 0.5) is 0 Å².